The van der Waals surface area contributed by atoms with Crippen LogP contribution in [-0.2, 0) is 0 Å². The van der Waals surface area contributed by atoms with Gasteiger partial charge in [0.25, 0.3) is 11.8 Å². The number of nitrogens with one attached hydrogen (secondary N) is 3. The maximum Gasteiger partial charge on any atom is 0.257 e. The zero-order chi connectivity index (χ0) is 29.5. The van der Waals surface area contributed by atoms with E-state index in [0.717, 1.165) is 25.8 Å². The lowest BCUT2D eigenvalue weighted by atomic mass is 10.0. The van der Waals surface area contributed by atoms with E-state index >= 15 is 0 Å². The molecule has 4 rings (SSSR count). The number of aryl methyl sites for hydroxylation is 2. The monoisotopic (exact) mass is 559 g/mol. The minimum Gasteiger partial charge on any atom is -0.482 e. The molecule has 0 spiro atoms. The maximum atomic E-state index is 13.7. The van der Waals surface area contributed by atoms with Crippen molar-refractivity contribution in [1.82, 2.24) is 25.5 Å². The largest absolute Gasteiger partial charge is 0.482 e. The number of halogens is 1. The van der Waals surface area contributed by atoms with E-state index in [1.807, 2.05) is 6.07 Å². The van der Waals surface area contributed by atoms with Gasteiger partial charge in [0.1, 0.15) is 23.5 Å². The summed E-state index contributed by atoms with van der Waals surface area (Å²) >= 11 is 0. The molecule has 41 heavy (non-hydrogen) atoms. The number of benzene rings is 1. The lowest BCUT2D eigenvalue weighted by Crippen LogP contribution is -2.50. The summed E-state index contributed by atoms with van der Waals surface area (Å²) in [6, 6.07) is 10.0. The Kier molecular flexibility index (Phi) is 9.60. The number of ether oxygens (including phenoxy) is 1. The zero-order valence-corrected chi connectivity index (χ0v) is 23.6. The molecule has 1 aliphatic heterocycles. The predicted octanol–water partition coefficient (Wildman–Crippen LogP) is 3.52. The van der Waals surface area contributed by atoms with Gasteiger partial charge in [-0.1, -0.05) is 0 Å². The van der Waals surface area contributed by atoms with Crippen molar-refractivity contribution < 1.29 is 18.7 Å². The van der Waals surface area contributed by atoms with Gasteiger partial charge in [-0.15, -0.1) is 0 Å². The normalized spacial score (nSPS) is 16.0. The van der Waals surface area contributed by atoms with Crippen molar-refractivity contribution in [3.05, 3.63) is 82.1 Å². The number of aromatic nitrogens is 2. The standard InChI is InChI=1S/C30H34FN7O3/c1-5-33-29(39)24-12-23(30(40)37-28-19(3)10-21(13-32)14-36-28)18(2)11-26(24)41-27(25-7-6-22(31)15-35-25)17-38-9-8-34-20(4)16-38/h6-7,10-12,14-15,20,27,34H,5,8-9,16-17H2,1-4H3,(H,33,39)(H,36,37,40)/t20-,27?/m1/s1. The highest BCUT2D eigenvalue weighted by atomic mass is 19.1. The van der Waals surface area contributed by atoms with Crippen LogP contribution in [0.1, 0.15) is 63.1 Å². The first-order valence-electron chi connectivity index (χ1n) is 13.5. The molecule has 2 amide bonds. The van der Waals surface area contributed by atoms with Gasteiger partial charge in [-0.2, -0.15) is 5.26 Å². The number of amides is 2. The average molecular weight is 560 g/mol. The van der Waals surface area contributed by atoms with Crippen molar-refractivity contribution in [3.63, 3.8) is 0 Å². The molecule has 1 saturated heterocycles. The minimum atomic E-state index is -0.598. The number of piperazine rings is 1. The van der Waals surface area contributed by atoms with Crippen LogP contribution in [-0.4, -0.2) is 65.4 Å². The van der Waals surface area contributed by atoms with Crippen LogP contribution >= 0.6 is 0 Å². The first kappa shape index (κ1) is 29.6. The van der Waals surface area contributed by atoms with Crippen molar-refractivity contribution >= 4 is 17.6 Å². The van der Waals surface area contributed by atoms with Crippen LogP contribution in [0, 0.1) is 31.0 Å². The minimum absolute atomic E-state index is 0.188. The summed E-state index contributed by atoms with van der Waals surface area (Å²) in [4.78, 5) is 37.2. The first-order chi connectivity index (χ1) is 19.7. The Labute approximate surface area is 238 Å². The molecule has 11 heteroatoms. The van der Waals surface area contributed by atoms with Crippen molar-refractivity contribution in [1.29, 1.82) is 5.26 Å². The van der Waals surface area contributed by atoms with Crippen molar-refractivity contribution in [3.8, 4) is 11.8 Å². The topological polar surface area (TPSA) is 132 Å². The maximum absolute atomic E-state index is 13.7. The second kappa shape index (κ2) is 13.3. The molecule has 1 unspecified atom stereocenters. The van der Waals surface area contributed by atoms with Crippen LogP contribution in [0.4, 0.5) is 10.2 Å². The third-order valence-corrected chi connectivity index (χ3v) is 6.82. The fourth-order valence-corrected chi connectivity index (χ4v) is 4.73. The van der Waals surface area contributed by atoms with Gasteiger partial charge in [0.2, 0.25) is 0 Å². The third-order valence-electron chi connectivity index (χ3n) is 6.82. The average Bonchev–Trinajstić information content (AvgIpc) is 2.94. The molecule has 0 bridgehead atoms. The van der Waals surface area contributed by atoms with Gasteiger partial charge in [-0.25, -0.2) is 9.37 Å². The van der Waals surface area contributed by atoms with Gasteiger partial charge in [0.05, 0.1) is 23.0 Å². The molecule has 3 N–H and O–H groups in total. The quantitative estimate of drug-likeness (QED) is 0.363. The summed E-state index contributed by atoms with van der Waals surface area (Å²) in [6.45, 7) is 10.7. The van der Waals surface area contributed by atoms with E-state index in [-0.39, 0.29) is 16.9 Å². The van der Waals surface area contributed by atoms with Gasteiger partial charge in [-0.3, -0.25) is 19.5 Å². The van der Waals surface area contributed by atoms with E-state index in [1.54, 1.807) is 39.0 Å². The summed E-state index contributed by atoms with van der Waals surface area (Å²) < 4.78 is 20.2. The van der Waals surface area contributed by atoms with Crippen LogP contribution in [0.2, 0.25) is 0 Å². The van der Waals surface area contributed by atoms with E-state index in [4.69, 9.17) is 10.00 Å². The number of nitriles is 1. The molecule has 3 aromatic rings. The molecule has 1 fully saturated rings. The molecule has 10 nitrogen and oxygen atoms in total. The smallest absolute Gasteiger partial charge is 0.257 e. The number of pyridine rings is 2. The molecule has 1 aliphatic rings. The molecule has 3 heterocycles. The highest BCUT2D eigenvalue weighted by Gasteiger charge is 2.26. The number of rotatable bonds is 9. The molecular weight excluding hydrogens is 525 g/mol. The fourth-order valence-electron chi connectivity index (χ4n) is 4.73. The van der Waals surface area contributed by atoms with Gasteiger partial charge in [-0.05, 0) is 69.2 Å². The molecular formula is C30H34FN7O3. The Morgan fingerprint density at radius 2 is 1.98 bits per heavy atom. The fraction of sp³-hybridized carbons (Fsp3) is 0.367. The summed E-state index contributed by atoms with van der Waals surface area (Å²) in [7, 11) is 0. The van der Waals surface area contributed by atoms with Crippen molar-refractivity contribution in [2.45, 2.75) is 39.8 Å². The van der Waals surface area contributed by atoms with E-state index < -0.39 is 23.7 Å². The predicted molar refractivity (Wildman–Crippen MR) is 152 cm³/mol. The van der Waals surface area contributed by atoms with Gasteiger partial charge in [0.15, 0.2) is 6.10 Å². The van der Waals surface area contributed by atoms with Crippen molar-refractivity contribution in [2.24, 2.45) is 0 Å². The Hall–Kier alpha value is -4.40. The Morgan fingerprint density at radius 1 is 1.17 bits per heavy atom. The summed E-state index contributed by atoms with van der Waals surface area (Å²) in [6.07, 6.45) is 1.93. The van der Waals surface area contributed by atoms with Crippen LogP contribution in [0.15, 0.2) is 42.7 Å². The number of hydrogen-bond donors (Lipinski definition) is 3. The lowest BCUT2D eigenvalue weighted by molar-refractivity contribution is 0.0928. The number of nitrogens with zero attached hydrogens (tertiary/aromatic N) is 4. The first-order valence-corrected chi connectivity index (χ1v) is 13.5. The number of carbonyl (C=O) groups is 2. The second-order valence-corrected chi connectivity index (χ2v) is 10.1. The van der Waals surface area contributed by atoms with E-state index in [0.29, 0.717) is 47.3 Å². The van der Waals surface area contributed by atoms with Crippen LogP contribution in [0.25, 0.3) is 0 Å². The van der Waals surface area contributed by atoms with Crippen LogP contribution in [0.3, 0.4) is 0 Å². The number of anilines is 1. The van der Waals surface area contributed by atoms with E-state index in [9.17, 15) is 14.0 Å². The molecule has 0 radical (unpaired) electrons. The second-order valence-electron chi connectivity index (χ2n) is 10.1. The molecule has 214 valence electrons. The molecule has 1 aromatic carbocycles. The summed E-state index contributed by atoms with van der Waals surface area (Å²) in [5.41, 5.74) is 2.59. The Morgan fingerprint density at radius 3 is 2.63 bits per heavy atom. The van der Waals surface area contributed by atoms with Gasteiger partial charge < -0.3 is 20.7 Å². The van der Waals surface area contributed by atoms with Gasteiger partial charge >= 0.3 is 0 Å². The summed E-state index contributed by atoms with van der Waals surface area (Å²) in [5.74, 6) is -0.695. The molecule has 2 aromatic heterocycles. The molecule has 0 aliphatic carbocycles. The van der Waals surface area contributed by atoms with E-state index in [1.165, 1.54) is 18.3 Å². The number of hydrogen-bond acceptors (Lipinski definition) is 8. The highest BCUT2D eigenvalue weighted by Crippen LogP contribution is 2.30. The molecule has 0 saturated carbocycles. The van der Waals surface area contributed by atoms with Crippen LogP contribution in [0.5, 0.6) is 5.75 Å². The SMILES string of the molecule is CCNC(=O)c1cc(C(=O)Nc2ncc(C#N)cc2C)c(C)cc1OC(CN1CCN[C@H](C)C1)c1ccc(F)cn1. The summed E-state index contributed by atoms with van der Waals surface area (Å²) in [5, 5.41) is 18.1. The third kappa shape index (κ3) is 7.42. The number of carbonyl (C=O) groups excluding carboxylic acids is 2. The van der Waals surface area contributed by atoms with Gasteiger partial charge in [0, 0.05) is 50.5 Å². The Bertz CT molecular complexity index is 1460. The highest BCUT2D eigenvalue weighted by molar-refractivity contribution is 6.07. The molecule has 2 atom stereocenters. The zero-order valence-electron chi connectivity index (χ0n) is 23.6. The van der Waals surface area contributed by atoms with Crippen molar-refractivity contribution in [2.75, 3.05) is 38.0 Å². The Balaban J connectivity index is 1.68. The van der Waals surface area contributed by atoms with Crippen LogP contribution < -0.4 is 20.7 Å². The van der Waals surface area contributed by atoms with E-state index in [2.05, 4.69) is 37.7 Å². The lowest BCUT2D eigenvalue weighted by Gasteiger charge is -2.34.